The van der Waals surface area contributed by atoms with Gasteiger partial charge in [-0.05, 0) is 35.9 Å². The van der Waals surface area contributed by atoms with Gasteiger partial charge >= 0.3 is 0 Å². The Balaban J connectivity index is 1.93. The van der Waals surface area contributed by atoms with Crippen molar-refractivity contribution in [1.82, 2.24) is 0 Å². The van der Waals surface area contributed by atoms with Crippen molar-refractivity contribution in [2.75, 3.05) is 12.0 Å². The zero-order chi connectivity index (χ0) is 16.4. The standard InChI is InChI=1S/C17H12FNO2S2/c1-21-14-7-3-6-13(10-14)19-16(20)15(23-17(19)22)9-11-4-2-5-12(18)8-11/h2-10H,1H3/b15-9+. The fourth-order valence-corrected chi connectivity index (χ4v) is 3.49. The van der Waals surface area contributed by atoms with E-state index in [1.807, 2.05) is 0 Å². The molecule has 6 heteroatoms. The van der Waals surface area contributed by atoms with E-state index in [4.69, 9.17) is 17.0 Å². The number of anilines is 1. The molecule has 23 heavy (non-hydrogen) atoms. The molecule has 1 heterocycles. The van der Waals surface area contributed by atoms with Gasteiger partial charge in [0.05, 0.1) is 17.7 Å². The summed E-state index contributed by atoms with van der Waals surface area (Å²) >= 11 is 6.51. The summed E-state index contributed by atoms with van der Waals surface area (Å²) in [7, 11) is 1.56. The molecule has 2 aromatic carbocycles. The lowest BCUT2D eigenvalue weighted by Gasteiger charge is -2.15. The zero-order valence-corrected chi connectivity index (χ0v) is 13.8. The van der Waals surface area contributed by atoms with Crippen LogP contribution < -0.4 is 9.64 Å². The van der Waals surface area contributed by atoms with E-state index in [9.17, 15) is 9.18 Å². The summed E-state index contributed by atoms with van der Waals surface area (Å²) in [5, 5.41) is 0. The van der Waals surface area contributed by atoms with Gasteiger partial charge in [-0.1, -0.05) is 42.2 Å². The Bertz CT molecular complexity index is 820. The normalized spacial score (nSPS) is 16.3. The van der Waals surface area contributed by atoms with Crippen molar-refractivity contribution in [1.29, 1.82) is 0 Å². The number of rotatable bonds is 3. The highest BCUT2D eigenvalue weighted by Crippen LogP contribution is 2.36. The van der Waals surface area contributed by atoms with Crippen molar-refractivity contribution < 1.29 is 13.9 Å². The number of halogens is 1. The van der Waals surface area contributed by atoms with E-state index in [-0.39, 0.29) is 11.7 Å². The molecule has 1 amide bonds. The van der Waals surface area contributed by atoms with Crippen LogP contribution in [0.25, 0.3) is 6.08 Å². The number of carbonyl (C=O) groups is 1. The second-order valence-electron chi connectivity index (χ2n) is 4.77. The van der Waals surface area contributed by atoms with Gasteiger partial charge in [0.25, 0.3) is 5.91 Å². The molecular weight excluding hydrogens is 333 g/mol. The van der Waals surface area contributed by atoms with Gasteiger partial charge in [0.15, 0.2) is 4.32 Å². The third-order valence-electron chi connectivity index (χ3n) is 3.25. The minimum atomic E-state index is -0.345. The van der Waals surface area contributed by atoms with E-state index in [1.54, 1.807) is 49.6 Å². The van der Waals surface area contributed by atoms with Crippen LogP contribution in [0.5, 0.6) is 5.75 Å². The van der Waals surface area contributed by atoms with Gasteiger partial charge in [-0.25, -0.2) is 4.39 Å². The molecule has 0 atom stereocenters. The van der Waals surface area contributed by atoms with Crippen LogP contribution in [0.2, 0.25) is 0 Å². The van der Waals surface area contributed by atoms with Crippen LogP contribution in [-0.4, -0.2) is 17.3 Å². The number of benzene rings is 2. The SMILES string of the molecule is COc1cccc(N2C(=O)/C(=C\c3cccc(F)c3)SC2=S)c1. The fourth-order valence-electron chi connectivity index (χ4n) is 2.19. The maximum absolute atomic E-state index is 13.3. The fraction of sp³-hybridized carbons (Fsp3) is 0.0588. The molecule has 2 aromatic rings. The molecule has 0 aromatic heterocycles. The molecule has 1 fully saturated rings. The first kappa shape index (κ1) is 15.7. The largest absolute Gasteiger partial charge is 0.497 e. The number of hydrogen-bond donors (Lipinski definition) is 0. The lowest BCUT2D eigenvalue weighted by molar-refractivity contribution is -0.113. The number of thiocarbonyl (C=S) groups is 1. The molecule has 0 N–H and O–H groups in total. The van der Waals surface area contributed by atoms with Crippen LogP contribution in [-0.2, 0) is 4.79 Å². The Morgan fingerprint density at radius 3 is 2.74 bits per heavy atom. The van der Waals surface area contributed by atoms with Crippen LogP contribution in [0.15, 0.2) is 53.4 Å². The Hall–Kier alpha value is -2.18. The summed E-state index contributed by atoms with van der Waals surface area (Å²) < 4.78 is 18.9. The average molecular weight is 345 g/mol. The van der Waals surface area contributed by atoms with Crippen LogP contribution in [0.1, 0.15) is 5.56 Å². The first-order valence-corrected chi connectivity index (χ1v) is 7.98. The van der Waals surface area contributed by atoms with E-state index >= 15 is 0 Å². The number of hydrogen-bond acceptors (Lipinski definition) is 4. The third kappa shape index (κ3) is 3.28. The smallest absolute Gasteiger partial charge is 0.270 e. The number of nitrogens with zero attached hydrogens (tertiary/aromatic N) is 1. The Morgan fingerprint density at radius 1 is 1.22 bits per heavy atom. The summed E-state index contributed by atoms with van der Waals surface area (Å²) in [4.78, 5) is 14.5. The average Bonchev–Trinajstić information content (AvgIpc) is 2.81. The van der Waals surface area contributed by atoms with Crippen LogP contribution >= 0.6 is 24.0 Å². The molecule has 3 rings (SSSR count). The van der Waals surface area contributed by atoms with Crippen molar-refractivity contribution in [2.45, 2.75) is 0 Å². The van der Waals surface area contributed by atoms with Crippen molar-refractivity contribution >= 4 is 46.0 Å². The van der Waals surface area contributed by atoms with E-state index in [1.165, 1.54) is 28.8 Å². The minimum Gasteiger partial charge on any atom is -0.497 e. The highest BCUT2D eigenvalue weighted by molar-refractivity contribution is 8.27. The molecule has 0 spiro atoms. The van der Waals surface area contributed by atoms with Gasteiger partial charge in [-0.3, -0.25) is 9.69 Å². The maximum Gasteiger partial charge on any atom is 0.270 e. The maximum atomic E-state index is 13.3. The van der Waals surface area contributed by atoms with E-state index in [2.05, 4.69) is 0 Å². The number of ether oxygens (including phenoxy) is 1. The van der Waals surface area contributed by atoms with Gasteiger partial charge in [-0.2, -0.15) is 0 Å². The molecule has 1 aliphatic heterocycles. The van der Waals surface area contributed by atoms with E-state index < -0.39 is 0 Å². The van der Waals surface area contributed by atoms with Crippen LogP contribution in [0, 0.1) is 5.82 Å². The van der Waals surface area contributed by atoms with Crippen molar-refractivity contribution in [3.05, 3.63) is 64.8 Å². The number of amides is 1. The summed E-state index contributed by atoms with van der Waals surface area (Å²) in [6.07, 6.45) is 1.64. The molecule has 0 aliphatic carbocycles. The molecule has 0 bridgehead atoms. The Kier molecular flexibility index (Phi) is 4.45. The Morgan fingerprint density at radius 2 is 2.00 bits per heavy atom. The zero-order valence-electron chi connectivity index (χ0n) is 12.2. The molecule has 0 unspecified atom stereocenters. The molecule has 0 saturated carbocycles. The topological polar surface area (TPSA) is 29.5 Å². The van der Waals surface area contributed by atoms with Gasteiger partial charge in [0, 0.05) is 6.07 Å². The minimum absolute atomic E-state index is 0.225. The van der Waals surface area contributed by atoms with Gasteiger partial charge in [0.1, 0.15) is 11.6 Å². The van der Waals surface area contributed by atoms with E-state index in [0.29, 0.717) is 26.2 Å². The summed E-state index contributed by atoms with van der Waals surface area (Å²) in [6.45, 7) is 0. The molecule has 0 radical (unpaired) electrons. The monoisotopic (exact) mass is 345 g/mol. The highest BCUT2D eigenvalue weighted by atomic mass is 32.2. The van der Waals surface area contributed by atoms with Crippen molar-refractivity contribution in [3.8, 4) is 5.75 Å². The second-order valence-corrected chi connectivity index (χ2v) is 6.45. The van der Waals surface area contributed by atoms with Gasteiger partial charge in [-0.15, -0.1) is 0 Å². The number of methoxy groups -OCH3 is 1. The van der Waals surface area contributed by atoms with Crippen LogP contribution in [0.4, 0.5) is 10.1 Å². The third-order valence-corrected chi connectivity index (χ3v) is 4.55. The quantitative estimate of drug-likeness (QED) is 0.615. The molecule has 1 aliphatic rings. The van der Waals surface area contributed by atoms with Gasteiger partial charge < -0.3 is 4.74 Å². The molecule has 3 nitrogen and oxygen atoms in total. The summed E-state index contributed by atoms with van der Waals surface area (Å²) in [5.41, 5.74) is 1.27. The van der Waals surface area contributed by atoms with Gasteiger partial charge in [0.2, 0.25) is 0 Å². The van der Waals surface area contributed by atoms with Crippen LogP contribution in [0.3, 0.4) is 0 Å². The predicted molar refractivity (Wildman–Crippen MR) is 95.0 cm³/mol. The molecule has 1 saturated heterocycles. The lowest BCUT2D eigenvalue weighted by Crippen LogP contribution is -2.27. The number of thioether (sulfide) groups is 1. The summed E-state index contributed by atoms with van der Waals surface area (Å²) in [6, 6.07) is 13.2. The van der Waals surface area contributed by atoms with Crippen molar-refractivity contribution in [2.24, 2.45) is 0 Å². The first-order chi connectivity index (χ1) is 11.1. The van der Waals surface area contributed by atoms with E-state index in [0.717, 1.165) is 0 Å². The molecular formula is C17H12FNO2S2. The number of carbonyl (C=O) groups excluding carboxylic acids is 1. The first-order valence-electron chi connectivity index (χ1n) is 6.76. The highest BCUT2D eigenvalue weighted by Gasteiger charge is 2.33. The molecule has 116 valence electrons. The predicted octanol–water partition coefficient (Wildman–Crippen LogP) is 4.24. The second kappa shape index (κ2) is 6.52. The summed E-state index contributed by atoms with van der Waals surface area (Å²) in [5.74, 6) is 0.0743. The Labute approximate surface area is 142 Å². The lowest BCUT2D eigenvalue weighted by atomic mass is 10.2. The van der Waals surface area contributed by atoms with Crippen molar-refractivity contribution in [3.63, 3.8) is 0 Å².